The SMILES string of the molecule is CCC(=O)CCc1cc(Cl)c(OC)cc1Cl. The van der Waals surface area contributed by atoms with Gasteiger partial charge in [-0.1, -0.05) is 30.1 Å². The van der Waals surface area contributed by atoms with Crippen LogP contribution in [0.3, 0.4) is 0 Å². The molecule has 4 heteroatoms. The quantitative estimate of drug-likeness (QED) is 0.803. The van der Waals surface area contributed by atoms with E-state index in [-0.39, 0.29) is 5.78 Å². The van der Waals surface area contributed by atoms with Gasteiger partial charge in [0.1, 0.15) is 11.5 Å². The molecule has 0 aliphatic carbocycles. The highest BCUT2D eigenvalue weighted by molar-refractivity contribution is 6.34. The molecule has 0 saturated heterocycles. The summed E-state index contributed by atoms with van der Waals surface area (Å²) in [6, 6.07) is 3.43. The molecule has 0 unspecified atom stereocenters. The molecule has 1 aromatic rings. The van der Waals surface area contributed by atoms with Crippen LogP contribution in [0.25, 0.3) is 0 Å². The lowest BCUT2D eigenvalue weighted by Crippen LogP contribution is -1.98. The van der Waals surface area contributed by atoms with Gasteiger partial charge < -0.3 is 4.74 Å². The predicted molar refractivity (Wildman–Crippen MR) is 66.6 cm³/mol. The summed E-state index contributed by atoms with van der Waals surface area (Å²) in [5.74, 6) is 0.778. The minimum atomic E-state index is 0.225. The Labute approximate surface area is 106 Å². The van der Waals surface area contributed by atoms with E-state index in [1.54, 1.807) is 12.1 Å². The fourth-order valence-corrected chi connectivity index (χ4v) is 1.88. The van der Waals surface area contributed by atoms with Gasteiger partial charge in [-0.25, -0.2) is 0 Å². The molecule has 0 aromatic heterocycles. The fourth-order valence-electron chi connectivity index (χ4n) is 1.37. The highest BCUT2D eigenvalue weighted by Crippen LogP contribution is 2.31. The summed E-state index contributed by atoms with van der Waals surface area (Å²) < 4.78 is 5.04. The van der Waals surface area contributed by atoms with E-state index in [9.17, 15) is 4.79 Å². The van der Waals surface area contributed by atoms with Gasteiger partial charge >= 0.3 is 0 Å². The lowest BCUT2D eigenvalue weighted by Gasteiger charge is -2.08. The Bertz CT molecular complexity index is 389. The number of benzene rings is 1. The van der Waals surface area contributed by atoms with Crippen LogP contribution in [0, 0.1) is 0 Å². The Morgan fingerprint density at radius 3 is 2.56 bits per heavy atom. The first-order chi connectivity index (χ1) is 7.58. The van der Waals surface area contributed by atoms with Crippen molar-refractivity contribution in [2.75, 3.05) is 7.11 Å². The molecule has 1 aromatic carbocycles. The van der Waals surface area contributed by atoms with Crippen molar-refractivity contribution in [1.82, 2.24) is 0 Å². The van der Waals surface area contributed by atoms with Crippen LogP contribution in [0.2, 0.25) is 10.0 Å². The van der Waals surface area contributed by atoms with Gasteiger partial charge in [0.25, 0.3) is 0 Å². The van der Waals surface area contributed by atoms with Crippen LogP contribution in [0.4, 0.5) is 0 Å². The van der Waals surface area contributed by atoms with Crippen molar-refractivity contribution in [2.24, 2.45) is 0 Å². The van der Waals surface area contributed by atoms with Crippen molar-refractivity contribution >= 4 is 29.0 Å². The largest absolute Gasteiger partial charge is 0.495 e. The number of ketones is 1. The van der Waals surface area contributed by atoms with E-state index in [1.807, 2.05) is 6.92 Å². The number of hydrogen-bond acceptors (Lipinski definition) is 2. The van der Waals surface area contributed by atoms with Gasteiger partial charge in [0.05, 0.1) is 12.1 Å². The molecule has 1 rings (SSSR count). The summed E-state index contributed by atoms with van der Waals surface area (Å²) in [5, 5.41) is 1.11. The molecule has 88 valence electrons. The molecule has 0 radical (unpaired) electrons. The molecule has 0 aliphatic heterocycles. The molecule has 0 fully saturated rings. The maximum absolute atomic E-state index is 11.2. The minimum absolute atomic E-state index is 0.225. The van der Waals surface area contributed by atoms with E-state index in [1.165, 1.54) is 7.11 Å². The molecule has 0 heterocycles. The van der Waals surface area contributed by atoms with E-state index in [0.29, 0.717) is 35.1 Å². The first-order valence-electron chi connectivity index (χ1n) is 5.12. The zero-order valence-electron chi connectivity index (χ0n) is 9.35. The number of rotatable bonds is 5. The molecule has 0 aliphatic rings. The molecule has 0 spiro atoms. The lowest BCUT2D eigenvalue weighted by atomic mass is 10.1. The highest BCUT2D eigenvalue weighted by atomic mass is 35.5. The van der Waals surface area contributed by atoms with Crippen molar-refractivity contribution in [1.29, 1.82) is 0 Å². The Morgan fingerprint density at radius 2 is 2.00 bits per heavy atom. The molecule has 0 saturated carbocycles. The van der Waals surface area contributed by atoms with Crippen molar-refractivity contribution < 1.29 is 9.53 Å². The van der Waals surface area contributed by atoms with Crippen LogP contribution >= 0.6 is 23.2 Å². The number of carbonyl (C=O) groups is 1. The molecule has 2 nitrogen and oxygen atoms in total. The number of hydrogen-bond donors (Lipinski definition) is 0. The van der Waals surface area contributed by atoms with Crippen molar-refractivity contribution in [3.05, 3.63) is 27.7 Å². The fraction of sp³-hybridized carbons (Fsp3) is 0.417. The monoisotopic (exact) mass is 260 g/mol. The topological polar surface area (TPSA) is 26.3 Å². The van der Waals surface area contributed by atoms with E-state index < -0.39 is 0 Å². The second-order valence-corrected chi connectivity index (χ2v) is 4.28. The van der Waals surface area contributed by atoms with Crippen LogP contribution in [0.1, 0.15) is 25.3 Å². The summed E-state index contributed by atoms with van der Waals surface area (Å²) in [6.07, 6.45) is 1.68. The zero-order valence-corrected chi connectivity index (χ0v) is 10.9. The van der Waals surface area contributed by atoms with Crippen molar-refractivity contribution in [3.8, 4) is 5.75 Å². The first-order valence-corrected chi connectivity index (χ1v) is 5.87. The van der Waals surface area contributed by atoms with Crippen LogP contribution < -0.4 is 4.74 Å². The Morgan fingerprint density at radius 1 is 1.31 bits per heavy atom. The van der Waals surface area contributed by atoms with E-state index in [4.69, 9.17) is 27.9 Å². The third-order valence-corrected chi connectivity index (χ3v) is 3.04. The molecule has 16 heavy (non-hydrogen) atoms. The molecule has 0 bridgehead atoms. The molecule has 0 atom stereocenters. The summed E-state index contributed by atoms with van der Waals surface area (Å²) >= 11 is 12.0. The first kappa shape index (κ1) is 13.3. The summed E-state index contributed by atoms with van der Waals surface area (Å²) in [7, 11) is 1.54. The number of methoxy groups -OCH3 is 1. The number of carbonyl (C=O) groups excluding carboxylic acids is 1. The predicted octanol–water partition coefficient (Wildman–Crippen LogP) is 3.91. The zero-order chi connectivity index (χ0) is 12.1. The lowest BCUT2D eigenvalue weighted by molar-refractivity contribution is -0.118. The van der Waals surface area contributed by atoms with E-state index >= 15 is 0 Å². The van der Waals surface area contributed by atoms with Crippen LogP contribution in [-0.4, -0.2) is 12.9 Å². The number of Topliss-reactive ketones (excluding diaryl/α,β-unsaturated/α-hetero) is 1. The van der Waals surface area contributed by atoms with Crippen LogP contribution in [0.5, 0.6) is 5.75 Å². The third-order valence-electron chi connectivity index (χ3n) is 2.39. The highest BCUT2D eigenvalue weighted by Gasteiger charge is 2.09. The minimum Gasteiger partial charge on any atom is -0.495 e. The average molecular weight is 261 g/mol. The molecular formula is C12H14Cl2O2. The smallest absolute Gasteiger partial charge is 0.138 e. The van der Waals surface area contributed by atoms with Gasteiger partial charge in [0.15, 0.2) is 0 Å². The summed E-state index contributed by atoms with van der Waals surface area (Å²) in [6.45, 7) is 1.85. The standard InChI is InChI=1S/C12H14Cl2O2/c1-3-9(15)5-4-8-6-11(14)12(16-2)7-10(8)13/h6-7H,3-5H2,1-2H3. The Hall–Kier alpha value is -0.730. The van der Waals surface area contributed by atoms with Crippen LogP contribution in [-0.2, 0) is 11.2 Å². The van der Waals surface area contributed by atoms with Gasteiger partial charge in [-0.15, -0.1) is 0 Å². The maximum Gasteiger partial charge on any atom is 0.138 e. The number of halogens is 2. The van der Waals surface area contributed by atoms with Gasteiger partial charge in [-0.2, -0.15) is 0 Å². The van der Waals surface area contributed by atoms with Crippen molar-refractivity contribution in [2.45, 2.75) is 26.2 Å². The normalized spacial score (nSPS) is 10.2. The summed E-state index contributed by atoms with van der Waals surface area (Å²) in [4.78, 5) is 11.2. The Kier molecular flexibility index (Phi) is 5.10. The number of aryl methyl sites for hydroxylation is 1. The maximum atomic E-state index is 11.2. The van der Waals surface area contributed by atoms with E-state index in [0.717, 1.165) is 5.56 Å². The molecule has 0 N–H and O–H groups in total. The van der Waals surface area contributed by atoms with Crippen LogP contribution in [0.15, 0.2) is 12.1 Å². The van der Waals surface area contributed by atoms with Gasteiger partial charge in [-0.05, 0) is 18.1 Å². The Balaban J connectivity index is 2.81. The summed E-state index contributed by atoms with van der Waals surface area (Å²) in [5.41, 5.74) is 0.884. The number of ether oxygens (including phenoxy) is 1. The second-order valence-electron chi connectivity index (χ2n) is 3.47. The second kappa shape index (κ2) is 6.12. The van der Waals surface area contributed by atoms with Gasteiger partial charge in [-0.3, -0.25) is 4.79 Å². The van der Waals surface area contributed by atoms with E-state index in [2.05, 4.69) is 0 Å². The molecule has 0 amide bonds. The van der Waals surface area contributed by atoms with Crippen molar-refractivity contribution in [3.63, 3.8) is 0 Å². The van der Waals surface area contributed by atoms with Gasteiger partial charge in [0.2, 0.25) is 0 Å². The molecular weight excluding hydrogens is 247 g/mol. The third kappa shape index (κ3) is 3.39. The van der Waals surface area contributed by atoms with Gasteiger partial charge in [0, 0.05) is 23.9 Å². The average Bonchev–Trinajstić information content (AvgIpc) is 2.29.